The number of piperidine rings is 1. The number of ether oxygens (including phenoxy) is 3. The number of hydrogen-bond acceptors (Lipinski definition) is 7. The lowest BCUT2D eigenvalue weighted by Crippen LogP contribution is -2.83. The molecule has 1 saturated heterocycles. The molecule has 42 heavy (non-hydrogen) atoms. The third kappa shape index (κ3) is 3.64. The largest absolute Gasteiger partial charge is 0.482 e. The van der Waals surface area contributed by atoms with E-state index in [1.165, 1.54) is 24.0 Å². The molecule has 8 rings (SSSR count). The van der Waals surface area contributed by atoms with Crippen molar-refractivity contribution >= 4 is 11.9 Å². The maximum absolute atomic E-state index is 12.9. The molecule has 8 heteroatoms. The molecule has 1 aromatic carbocycles. The van der Waals surface area contributed by atoms with Crippen molar-refractivity contribution in [2.45, 2.75) is 121 Å². The van der Waals surface area contributed by atoms with Crippen molar-refractivity contribution in [1.82, 2.24) is 4.90 Å². The van der Waals surface area contributed by atoms with Crippen molar-refractivity contribution in [3.05, 3.63) is 23.3 Å². The van der Waals surface area contributed by atoms with E-state index in [0.29, 0.717) is 17.5 Å². The van der Waals surface area contributed by atoms with E-state index >= 15 is 0 Å². The zero-order valence-corrected chi connectivity index (χ0v) is 25.8. The summed E-state index contributed by atoms with van der Waals surface area (Å²) in [4.78, 5) is 26.6. The highest BCUT2D eigenvalue weighted by Crippen LogP contribution is 2.78. The lowest BCUT2D eigenvalue weighted by molar-refractivity contribution is -0.312. The minimum atomic E-state index is -0.995. The molecule has 2 spiro atoms. The SMILES string of the molecule is CO[C@]12CC[C@@]3(CC1C(C)(O)C(C)(C)C)[C@H]1Cc4ccc(OC(=O)CCCC(=O)O)c5c4[C@@]3(CCN1CC1CC1)[C@H]2O5. The van der Waals surface area contributed by atoms with Crippen LogP contribution in [0.2, 0.25) is 0 Å². The number of carboxylic acids is 1. The van der Waals surface area contributed by atoms with Gasteiger partial charge in [-0.25, -0.2) is 0 Å². The Hall–Kier alpha value is -2.16. The maximum atomic E-state index is 12.9. The minimum absolute atomic E-state index is 0.0397. The molecule has 2 heterocycles. The van der Waals surface area contributed by atoms with Crippen LogP contribution < -0.4 is 9.47 Å². The molecule has 8 nitrogen and oxygen atoms in total. The molecule has 2 aliphatic heterocycles. The fourth-order valence-electron chi connectivity index (χ4n) is 10.2. The van der Waals surface area contributed by atoms with E-state index in [4.69, 9.17) is 19.3 Å². The summed E-state index contributed by atoms with van der Waals surface area (Å²) >= 11 is 0. The van der Waals surface area contributed by atoms with Crippen LogP contribution in [0.25, 0.3) is 0 Å². The molecule has 0 radical (unpaired) electrons. The van der Waals surface area contributed by atoms with Gasteiger partial charge in [0.15, 0.2) is 11.5 Å². The average molecular weight is 582 g/mol. The second kappa shape index (κ2) is 9.18. The van der Waals surface area contributed by atoms with Crippen LogP contribution in [0, 0.1) is 22.7 Å². The van der Waals surface area contributed by atoms with Gasteiger partial charge in [-0.1, -0.05) is 26.8 Å². The Balaban J connectivity index is 1.36. The molecule has 1 aromatic rings. The number of hydrogen-bond donors (Lipinski definition) is 2. The Labute approximate surface area is 249 Å². The Morgan fingerprint density at radius 1 is 1.12 bits per heavy atom. The number of fused-ring (bicyclic) bond motifs is 2. The first-order valence-electron chi connectivity index (χ1n) is 16.1. The second-order valence-electron chi connectivity index (χ2n) is 15.5. The third-order valence-electron chi connectivity index (χ3n) is 12.8. The van der Waals surface area contributed by atoms with Gasteiger partial charge in [0.05, 0.1) is 5.60 Å². The van der Waals surface area contributed by atoms with Crippen LogP contribution in [-0.4, -0.2) is 70.6 Å². The summed E-state index contributed by atoms with van der Waals surface area (Å²) in [5.41, 5.74) is 0.102. The van der Waals surface area contributed by atoms with Crippen molar-refractivity contribution in [3.8, 4) is 11.5 Å². The number of carboxylic acid groups (broad SMARTS) is 1. The predicted molar refractivity (Wildman–Crippen MR) is 156 cm³/mol. The molecule has 5 fully saturated rings. The van der Waals surface area contributed by atoms with E-state index in [1.54, 1.807) is 7.11 Å². The summed E-state index contributed by atoms with van der Waals surface area (Å²) < 4.78 is 19.7. The molecule has 0 amide bonds. The number of carbonyl (C=O) groups is 2. The van der Waals surface area contributed by atoms with Crippen molar-refractivity contribution in [2.24, 2.45) is 22.7 Å². The highest BCUT2D eigenvalue weighted by molar-refractivity contribution is 5.76. The van der Waals surface area contributed by atoms with Crippen LogP contribution in [0.4, 0.5) is 0 Å². The van der Waals surface area contributed by atoms with Gasteiger partial charge in [-0.05, 0) is 87.8 Å². The van der Waals surface area contributed by atoms with Crippen molar-refractivity contribution in [2.75, 3.05) is 20.2 Å². The van der Waals surface area contributed by atoms with Crippen LogP contribution in [0.15, 0.2) is 12.1 Å². The molecule has 0 aromatic heterocycles. The fraction of sp³-hybridized carbons (Fsp3) is 0.765. The summed E-state index contributed by atoms with van der Waals surface area (Å²) in [6, 6.07) is 4.38. The Kier molecular flexibility index (Phi) is 6.25. The summed E-state index contributed by atoms with van der Waals surface area (Å²) in [6.45, 7) is 10.5. The first kappa shape index (κ1) is 28.6. The van der Waals surface area contributed by atoms with Crippen LogP contribution in [0.5, 0.6) is 11.5 Å². The maximum Gasteiger partial charge on any atom is 0.311 e. The van der Waals surface area contributed by atoms with Gasteiger partial charge in [-0.2, -0.15) is 0 Å². The quantitative estimate of drug-likeness (QED) is 0.315. The third-order valence-corrected chi connectivity index (χ3v) is 12.8. The van der Waals surface area contributed by atoms with Gasteiger partial charge in [-0.15, -0.1) is 0 Å². The topological polar surface area (TPSA) is 106 Å². The van der Waals surface area contributed by atoms with Crippen LogP contribution in [0.3, 0.4) is 0 Å². The van der Waals surface area contributed by atoms with E-state index in [2.05, 4.69) is 31.7 Å². The Bertz CT molecular complexity index is 1310. The summed E-state index contributed by atoms with van der Waals surface area (Å²) in [5.74, 6) is 0.408. The monoisotopic (exact) mass is 581 g/mol. The molecule has 230 valence electrons. The lowest BCUT2D eigenvalue weighted by atomic mass is 9.33. The molecule has 7 atom stereocenters. The van der Waals surface area contributed by atoms with E-state index in [-0.39, 0.29) is 47.5 Å². The van der Waals surface area contributed by atoms with Crippen LogP contribution >= 0.6 is 0 Å². The molecule has 5 aliphatic carbocycles. The van der Waals surface area contributed by atoms with E-state index in [0.717, 1.165) is 51.1 Å². The standard InChI is InChI=1S/C34H47NO7/c1-30(2,3)31(4,39)23-18-32-13-14-34(23,40-5)29-33(32)15-16-35(19-20-9-10-20)24(32)17-21-11-12-22(28(42-29)27(21)33)41-26(38)8-6-7-25(36)37/h11-12,20,23-24,29,39H,6-10,13-19H2,1-5H3,(H,36,37)/t23?,24-,29-,31?,32-,33+,34-/m1/s1. The van der Waals surface area contributed by atoms with Gasteiger partial charge in [-0.3, -0.25) is 14.5 Å². The first-order valence-corrected chi connectivity index (χ1v) is 16.1. The number of likely N-dealkylation sites (tertiary alicyclic amines) is 1. The van der Waals surface area contributed by atoms with Crippen molar-refractivity contribution in [3.63, 3.8) is 0 Å². The molecular formula is C34H47NO7. The minimum Gasteiger partial charge on any atom is -0.482 e. The van der Waals surface area contributed by atoms with E-state index in [1.807, 2.05) is 13.0 Å². The van der Waals surface area contributed by atoms with E-state index < -0.39 is 23.1 Å². The number of esters is 1. The van der Waals surface area contributed by atoms with Crippen molar-refractivity contribution in [1.29, 1.82) is 0 Å². The van der Waals surface area contributed by atoms with Gasteiger partial charge in [0, 0.05) is 54.8 Å². The zero-order valence-electron chi connectivity index (χ0n) is 25.8. The number of rotatable bonds is 9. The normalized spacial score (nSPS) is 37.5. The van der Waals surface area contributed by atoms with Gasteiger partial charge >= 0.3 is 11.9 Å². The lowest BCUT2D eigenvalue weighted by Gasteiger charge is -2.75. The Morgan fingerprint density at radius 2 is 1.88 bits per heavy atom. The molecule has 2 N–H and O–H groups in total. The smallest absolute Gasteiger partial charge is 0.311 e. The zero-order chi connectivity index (χ0) is 29.9. The van der Waals surface area contributed by atoms with Crippen LogP contribution in [0.1, 0.15) is 96.6 Å². The number of methoxy groups -OCH3 is 1. The Morgan fingerprint density at radius 3 is 2.55 bits per heavy atom. The number of aliphatic carboxylic acids is 1. The summed E-state index contributed by atoms with van der Waals surface area (Å²) in [6.07, 6.45) is 7.20. The second-order valence-corrected chi connectivity index (χ2v) is 15.5. The molecule has 4 bridgehead atoms. The highest BCUT2D eigenvalue weighted by atomic mass is 16.6. The summed E-state index contributed by atoms with van der Waals surface area (Å²) in [7, 11) is 1.79. The number of benzene rings is 1. The fourth-order valence-corrected chi connectivity index (χ4v) is 10.2. The highest BCUT2D eigenvalue weighted by Gasteiger charge is 2.82. The van der Waals surface area contributed by atoms with Gasteiger partial charge in [0.25, 0.3) is 0 Å². The van der Waals surface area contributed by atoms with Crippen LogP contribution in [-0.2, 0) is 26.2 Å². The predicted octanol–water partition coefficient (Wildman–Crippen LogP) is 4.87. The summed E-state index contributed by atoms with van der Waals surface area (Å²) in [5, 5.41) is 21.4. The van der Waals surface area contributed by atoms with Crippen molar-refractivity contribution < 1.29 is 34.0 Å². The molecule has 4 saturated carbocycles. The van der Waals surface area contributed by atoms with Gasteiger partial charge in [0.1, 0.15) is 11.7 Å². The molecule has 2 unspecified atom stereocenters. The number of nitrogens with zero attached hydrogens (tertiary/aromatic N) is 1. The molecular weight excluding hydrogens is 534 g/mol. The number of aliphatic hydroxyl groups is 1. The van der Waals surface area contributed by atoms with E-state index in [9.17, 15) is 14.7 Å². The first-order chi connectivity index (χ1) is 19.8. The average Bonchev–Trinajstić information content (AvgIpc) is 3.67. The molecule has 7 aliphatic rings. The van der Waals surface area contributed by atoms with Gasteiger partial charge < -0.3 is 24.4 Å². The number of carbonyl (C=O) groups excluding carboxylic acids is 1. The van der Waals surface area contributed by atoms with Gasteiger partial charge in [0.2, 0.25) is 0 Å².